The largest absolute Gasteiger partial charge is 0.316 e. The zero-order valence-electron chi connectivity index (χ0n) is 10.1. The Morgan fingerprint density at radius 2 is 1.94 bits per heavy atom. The maximum Gasteiger partial charge on any atom is 0.194 e. The first kappa shape index (κ1) is 13.3. The summed E-state index contributed by atoms with van der Waals surface area (Å²) in [4.78, 5) is 0. The molecule has 0 aliphatic carbocycles. The van der Waals surface area contributed by atoms with Gasteiger partial charge in [-0.05, 0) is 38.4 Å². The third kappa shape index (κ3) is 2.23. The fraction of sp³-hybridized carbons (Fsp3) is 0.538. The van der Waals surface area contributed by atoms with Crippen LogP contribution in [0.25, 0.3) is 0 Å². The summed E-state index contributed by atoms with van der Waals surface area (Å²) in [7, 11) is 0. The van der Waals surface area contributed by atoms with Gasteiger partial charge in [-0.1, -0.05) is 0 Å². The molecule has 1 heterocycles. The first-order valence-corrected chi connectivity index (χ1v) is 5.98. The number of piperidine rings is 1. The number of rotatable bonds is 2. The van der Waals surface area contributed by atoms with Crippen LogP contribution in [0.3, 0.4) is 0 Å². The van der Waals surface area contributed by atoms with Crippen molar-refractivity contribution in [3.63, 3.8) is 0 Å². The van der Waals surface area contributed by atoms with Gasteiger partial charge in [0.1, 0.15) is 5.67 Å². The fourth-order valence-corrected chi connectivity index (χ4v) is 2.44. The first-order chi connectivity index (χ1) is 8.44. The summed E-state index contributed by atoms with van der Waals surface area (Å²) in [5.74, 6) is -4.77. The lowest BCUT2D eigenvalue weighted by Gasteiger charge is -2.34. The van der Waals surface area contributed by atoms with Gasteiger partial charge in [-0.3, -0.25) is 0 Å². The van der Waals surface area contributed by atoms with Gasteiger partial charge in [0, 0.05) is 18.0 Å². The van der Waals surface area contributed by atoms with E-state index in [-0.39, 0.29) is 0 Å². The summed E-state index contributed by atoms with van der Waals surface area (Å²) in [6, 6.07) is 1.75. The van der Waals surface area contributed by atoms with E-state index in [4.69, 9.17) is 0 Å². The van der Waals surface area contributed by atoms with E-state index in [0.29, 0.717) is 13.0 Å². The molecule has 1 nitrogen and oxygen atoms in total. The van der Waals surface area contributed by atoms with E-state index in [1.165, 1.54) is 6.92 Å². The molecule has 2 unspecified atom stereocenters. The number of halogens is 4. The Labute approximate surface area is 103 Å². The molecule has 2 atom stereocenters. The second kappa shape index (κ2) is 4.88. The number of hydrogen-bond donors (Lipinski definition) is 1. The molecule has 1 N–H and O–H groups in total. The van der Waals surface area contributed by atoms with Gasteiger partial charge < -0.3 is 5.32 Å². The maximum atomic E-state index is 14.7. The van der Waals surface area contributed by atoms with Crippen LogP contribution in [0.15, 0.2) is 12.1 Å². The predicted octanol–water partition coefficient (Wildman–Crippen LogP) is 3.29. The molecular formula is C13H15F4N. The molecule has 100 valence electrons. The van der Waals surface area contributed by atoms with Crippen LogP contribution in [-0.4, -0.2) is 13.1 Å². The Morgan fingerprint density at radius 1 is 1.22 bits per heavy atom. The normalized spacial score (nSPS) is 23.7. The molecule has 2 rings (SSSR count). The fourth-order valence-electron chi connectivity index (χ4n) is 2.44. The minimum atomic E-state index is -2.01. The van der Waals surface area contributed by atoms with Crippen molar-refractivity contribution in [3.8, 4) is 0 Å². The van der Waals surface area contributed by atoms with E-state index in [0.717, 1.165) is 25.1 Å². The van der Waals surface area contributed by atoms with Crippen LogP contribution in [0.5, 0.6) is 0 Å². The summed E-state index contributed by atoms with van der Waals surface area (Å²) in [5.41, 5.74) is -2.42. The molecule has 0 aromatic heterocycles. The number of alkyl halides is 1. The van der Waals surface area contributed by atoms with Crippen LogP contribution >= 0.6 is 0 Å². The average Bonchev–Trinajstić information content (AvgIpc) is 2.37. The zero-order chi connectivity index (χ0) is 13.3. The quantitative estimate of drug-likeness (QED) is 0.636. The molecule has 1 fully saturated rings. The predicted molar refractivity (Wildman–Crippen MR) is 60.4 cm³/mol. The van der Waals surface area contributed by atoms with Gasteiger partial charge in [-0.25, -0.2) is 17.6 Å². The van der Waals surface area contributed by atoms with Gasteiger partial charge >= 0.3 is 0 Å². The van der Waals surface area contributed by atoms with Crippen molar-refractivity contribution >= 4 is 0 Å². The molecule has 5 heteroatoms. The summed E-state index contributed by atoms with van der Waals surface area (Å²) in [6.45, 7) is 2.43. The van der Waals surface area contributed by atoms with Crippen molar-refractivity contribution < 1.29 is 17.6 Å². The highest BCUT2D eigenvalue weighted by Crippen LogP contribution is 2.39. The molecule has 0 amide bonds. The Balaban J connectivity index is 2.37. The van der Waals surface area contributed by atoms with Gasteiger partial charge in [0.25, 0.3) is 0 Å². The van der Waals surface area contributed by atoms with E-state index >= 15 is 0 Å². The third-order valence-corrected chi connectivity index (χ3v) is 3.63. The van der Waals surface area contributed by atoms with Gasteiger partial charge in [0.2, 0.25) is 0 Å². The smallest absolute Gasteiger partial charge is 0.194 e. The molecule has 1 aromatic rings. The van der Waals surface area contributed by atoms with Crippen LogP contribution in [0.1, 0.15) is 25.3 Å². The number of hydrogen-bond acceptors (Lipinski definition) is 1. The molecule has 1 aromatic carbocycles. The van der Waals surface area contributed by atoms with E-state index in [1.54, 1.807) is 0 Å². The monoisotopic (exact) mass is 261 g/mol. The summed E-state index contributed by atoms with van der Waals surface area (Å²) in [5, 5.41) is 3.03. The second-order valence-electron chi connectivity index (χ2n) is 4.84. The van der Waals surface area contributed by atoms with Crippen molar-refractivity contribution in [2.45, 2.75) is 25.4 Å². The summed E-state index contributed by atoms with van der Waals surface area (Å²) in [6.07, 6.45) is 1.38. The van der Waals surface area contributed by atoms with Crippen molar-refractivity contribution in [1.82, 2.24) is 5.32 Å². The first-order valence-electron chi connectivity index (χ1n) is 5.98. The van der Waals surface area contributed by atoms with Crippen LogP contribution in [0.2, 0.25) is 0 Å². The third-order valence-electron chi connectivity index (χ3n) is 3.63. The van der Waals surface area contributed by atoms with E-state index < -0.39 is 34.6 Å². The van der Waals surface area contributed by atoms with Crippen molar-refractivity contribution in [2.24, 2.45) is 5.92 Å². The van der Waals surface area contributed by atoms with Crippen molar-refractivity contribution in [3.05, 3.63) is 35.1 Å². The number of nitrogens with one attached hydrogen (secondary N) is 1. The van der Waals surface area contributed by atoms with Gasteiger partial charge in [0.05, 0.1) is 0 Å². The van der Waals surface area contributed by atoms with Crippen LogP contribution in [-0.2, 0) is 5.67 Å². The standard InChI is InChI=1S/C13H15F4N/c1-13(17,8-3-2-6-18-7-8)9-4-5-10(14)12(16)11(9)15/h4-5,8,18H,2-3,6-7H2,1H3. The Hall–Kier alpha value is -1.10. The summed E-state index contributed by atoms with van der Waals surface area (Å²) < 4.78 is 54.3. The van der Waals surface area contributed by atoms with Gasteiger partial charge in [-0.2, -0.15) is 0 Å². The SMILES string of the molecule is CC(F)(c1ccc(F)c(F)c1F)C1CCCNC1. The second-order valence-corrected chi connectivity index (χ2v) is 4.84. The number of benzene rings is 1. The Morgan fingerprint density at radius 3 is 2.56 bits per heavy atom. The van der Waals surface area contributed by atoms with Gasteiger partial charge in [0.15, 0.2) is 17.5 Å². The highest BCUT2D eigenvalue weighted by atomic mass is 19.2. The molecule has 18 heavy (non-hydrogen) atoms. The molecule has 0 radical (unpaired) electrons. The van der Waals surface area contributed by atoms with E-state index in [9.17, 15) is 17.6 Å². The van der Waals surface area contributed by atoms with Crippen LogP contribution < -0.4 is 5.32 Å². The molecule has 1 aliphatic heterocycles. The van der Waals surface area contributed by atoms with Crippen LogP contribution in [0.4, 0.5) is 17.6 Å². The lowest BCUT2D eigenvalue weighted by atomic mass is 9.80. The molecule has 0 saturated carbocycles. The minimum Gasteiger partial charge on any atom is -0.316 e. The zero-order valence-corrected chi connectivity index (χ0v) is 10.1. The maximum absolute atomic E-state index is 14.7. The van der Waals surface area contributed by atoms with Gasteiger partial charge in [-0.15, -0.1) is 0 Å². The highest BCUT2D eigenvalue weighted by molar-refractivity contribution is 5.27. The molecule has 0 bridgehead atoms. The topological polar surface area (TPSA) is 12.0 Å². The minimum absolute atomic E-state index is 0.407. The molecule has 1 saturated heterocycles. The van der Waals surface area contributed by atoms with E-state index in [1.807, 2.05) is 0 Å². The lowest BCUT2D eigenvalue weighted by molar-refractivity contribution is 0.0761. The summed E-state index contributed by atoms with van der Waals surface area (Å²) >= 11 is 0. The molecule has 0 spiro atoms. The molecule has 1 aliphatic rings. The van der Waals surface area contributed by atoms with Crippen molar-refractivity contribution in [1.29, 1.82) is 0 Å². The van der Waals surface area contributed by atoms with Crippen LogP contribution in [0, 0.1) is 23.4 Å². The van der Waals surface area contributed by atoms with E-state index in [2.05, 4.69) is 5.32 Å². The average molecular weight is 261 g/mol. The Kier molecular flexibility index (Phi) is 3.61. The highest BCUT2D eigenvalue weighted by Gasteiger charge is 2.39. The molecular weight excluding hydrogens is 246 g/mol. The Bertz CT molecular complexity index is 439. The van der Waals surface area contributed by atoms with Crippen molar-refractivity contribution in [2.75, 3.05) is 13.1 Å². The lowest BCUT2D eigenvalue weighted by Crippen LogP contribution is -2.40.